The van der Waals surface area contributed by atoms with Gasteiger partial charge in [-0.25, -0.2) is 4.79 Å². The Balaban J connectivity index is 2.60. The van der Waals surface area contributed by atoms with Crippen LogP contribution in [0.15, 0.2) is 0 Å². The summed E-state index contributed by atoms with van der Waals surface area (Å²) in [6.07, 6.45) is 6.79. The van der Waals surface area contributed by atoms with Gasteiger partial charge in [0.1, 0.15) is 0 Å². The zero-order valence-electron chi connectivity index (χ0n) is 15.8. The molecule has 0 aromatic carbocycles. The average molecular weight is 312 g/mol. The van der Waals surface area contributed by atoms with Crippen molar-refractivity contribution in [1.29, 1.82) is 0 Å². The number of ether oxygens (including phenoxy) is 1. The molecule has 0 aliphatic heterocycles. The summed E-state index contributed by atoms with van der Waals surface area (Å²) in [5.74, 6) is 0.677. The summed E-state index contributed by atoms with van der Waals surface area (Å²) in [5.41, 5.74) is 0.711. The van der Waals surface area contributed by atoms with Gasteiger partial charge in [0.2, 0.25) is 0 Å². The van der Waals surface area contributed by atoms with E-state index >= 15 is 0 Å². The van der Waals surface area contributed by atoms with E-state index in [1.165, 1.54) is 25.7 Å². The van der Waals surface area contributed by atoms with Gasteiger partial charge < -0.3 is 10.1 Å². The van der Waals surface area contributed by atoms with Crippen molar-refractivity contribution in [2.24, 2.45) is 16.7 Å². The number of amides is 1. The number of alkyl carbamates (subject to hydrolysis) is 1. The minimum Gasteiger partial charge on any atom is -0.447 e. The van der Waals surface area contributed by atoms with Gasteiger partial charge in [-0.3, -0.25) is 0 Å². The van der Waals surface area contributed by atoms with Crippen LogP contribution in [-0.2, 0) is 4.74 Å². The van der Waals surface area contributed by atoms with Crippen molar-refractivity contribution in [3.63, 3.8) is 0 Å². The lowest BCUT2D eigenvalue weighted by Crippen LogP contribution is -2.43. The van der Waals surface area contributed by atoms with E-state index in [9.17, 15) is 4.79 Å². The van der Waals surface area contributed by atoms with Crippen molar-refractivity contribution >= 4 is 6.09 Å². The van der Waals surface area contributed by atoms with Crippen molar-refractivity contribution in [2.45, 2.75) is 99.1 Å². The van der Waals surface area contributed by atoms with Gasteiger partial charge in [-0.05, 0) is 56.3 Å². The fraction of sp³-hybridized carbons (Fsp3) is 0.947. The molecule has 0 radical (unpaired) electrons. The quantitative estimate of drug-likeness (QED) is 0.700. The third-order valence-corrected chi connectivity index (χ3v) is 5.34. The maximum Gasteiger partial charge on any atom is 0.407 e. The Morgan fingerprint density at radius 2 is 1.86 bits per heavy atom. The molecule has 22 heavy (non-hydrogen) atoms. The highest BCUT2D eigenvalue weighted by molar-refractivity contribution is 5.67. The van der Waals surface area contributed by atoms with Gasteiger partial charge >= 0.3 is 6.09 Å². The molecule has 1 saturated carbocycles. The lowest BCUT2D eigenvalue weighted by atomic mass is 9.63. The molecule has 0 bridgehead atoms. The van der Waals surface area contributed by atoms with E-state index in [4.69, 9.17) is 4.74 Å². The molecule has 3 nitrogen and oxygen atoms in total. The van der Waals surface area contributed by atoms with Gasteiger partial charge in [0.15, 0.2) is 0 Å². The Morgan fingerprint density at radius 1 is 1.23 bits per heavy atom. The van der Waals surface area contributed by atoms with Gasteiger partial charge in [0, 0.05) is 6.04 Å². The van der Waals surface area contributed by atoms with Gasteiger partial charge in [-0.15, -0.1) is 0 Å². The molecule has 0 aromatic heterocycles. The summed E-state index contributed by atoms with van der Waals surface area (Å²) in [6, 6.07) is 0.272. The third-order valence-electron chi connectivity index (χ3n) is 5.34. The highest BCUT2D eigenvalue weighted by Crippen LogP contribution is 2.46. The van der Waals surface area contributed by atoms with E-state index in [-0.39, 0.29) is 18.2 Å². The topological polar surface area (TPSA) is 38.3 Å². The molecule has 0 saturated heterocycles. The summed E-state index contributed by atoms with van der Waals surface area (Å²) in [6.45, 7) is 15.6. The second-order valence-corrected chi connectivity index (χ2v) is 8.84. The zero-order valence-corrected chi connectivity index (χ0v) is 15.8. The first kappa shape index (κ1) is 19.3. The maximum atomic E-state index is 11.8. The Hall–Kier alpha value is -0.730. The van der Waals surface area contributed by atoms with Gasteiger partial charge in [-0.1, -0.05) is 47.5 Å². The van der Waals surface area contributed by atoms with Crippen LogP contribution >= 0.6 is 0 Å². The predicted octanol–water partition coefficient (Wildman–Crippen LogP) is 5.53. The fourth-order valence-electron chi connectivity index (χ4n) is 3.95. The van der Waals surface area contributed by atoms with Crippen molar-refractivity contribution in [2.75, 3.05) is 0 Å². The van der Waals surface area contributed by atoms with Crippen molar-refractivity contribution in [1.82, 2.24) is 5.32 Å². The van der Waals surface area contributed by atoms with Crippen LogP contribution in [0.1, 0.15) is 87.0 Å². The molecule has 1 aliphatic rings. The number of nitrogens with one attached hydrogen (secondary N) is 1. The fourth-order valence-corrected chi connectivity index (χ4v) is 3.95. The molecule has 1 fully saturated rings. The third kappa shape index (κ3) is 6.18. The SMILES string of the molecule is CCC(C)(C)CC(C)(C)C1CCCC(NC(=O)OC(C)C)C1. The molecule has 0 heterocycles. The Labute approximate surface area is 137 Å². The van der Waals surface area contributed by atoms with Crippen LogP contribution in [0.25, 0.3) is 0 Å². The first-order chi connectivity index (χ1) is 10.1. The van der Waals surface area contributed by atoms with Crippen LogP contribution in [0.3, 0.4) is 0 Å². The number of rotatable bonds is 6. The molecule has 1 amide bonds. The standard InChI is InChI=1S/C19H37NO2/c1-8-18(4,5)13-19(6,7)15-10-9-11-16(12-15)20-17(21)22-14(2)3/h14-16H,8-13H2,1-7H3,(H,20,21). The molecule has 2 unspecified atom stereocenters. The predicted molar refractivity (Wildman–Crippen MR) is 93.0 cm³/mol. The van der Waals surface area contributed by atoms with Crippen molar-refractivity contribution < 1.29 is 9.53 Å². The lowest BCUT2D eigenvalue weighted by Gasteiger charge is -2.44. The van der Waals surface area contributed by atoms with E-state index < -0.39 is 0 Å². The number of hydrogen-bond acceptors (Lipinski definition) is 2. The summed E-state index contributed by atoms with van der Waals surface area (Å²) >= 11 is 0. The van der Waals surface area contributed by atoms with Crippen LogP contribution in [-0.4, -0.2) is 18.2 Å². The molecule has 2 atom stereocenters. The van der Waals surface area contributed by atoms with Crippen LogP contribution in [0.4, 0.5) is 4.79 Å². The van der Waals surface area contributed by atoms with Gasteiger partial charge in [-0.2, -0.15) is 0 Å². The van der Waals surface area contributed by atoms with E-state index in [0.29, 0.717) is 16.7 Å². The molecule has 3 heteroatoms. The summed E-state index contributed by atoms with van der Waals surface area (Å²) in [4.78, 5) is 11.8. The molecule has 1 rings (SSSR count). The van der Waals surface area contributed by atoms with Crippen LogP contribution in [0, 0.1) is 16.7 Å². The zero-order chi connectivity index (χ0) is 17.0. The average Bonchev–Trinajstić information content (AvgIpc) is 2.36. The second-order valence-electron chi connectivity index (χ2n) is 8.84. The summed E-state index contributed by atoms with van der Waals surface area (Å²) < 4.78 is 5.22. The smallest absolute Gasteiger partial charge is 0.407 e. The van der Waals surface area contributed by atoms with Gasteiger partial charge in [0.25, 0.3) is 0 Å². The first-order valence-corrected chi connectivity index (χ1v) is 9.03. The molecular formula is C19H37NO2. The molecule has 130 valence electrons. The minimum atomic E-state index is -0.257. The largest absolute Gasteiger partial charge is 0.447 e. The van der Waals surface area contributed by atoms with E-state index in [1.54, 1.807) is 0 Å². The van der Waals surface area contributed by atoms with E-state index in [1.807, 2.05) is 13.8 Å². The Morgan fingerprint density at radius 3 is 2.41 bits per heavy atom. The molecule has 1 N–H and O–H groups in total. The normalized spacial score (nSPS) is 23.5. The van der Waals surface area contributed by atoms with E-state index in [0.717, 1.165) is 12.8 Å². The van der Waals surface area contributed by atoms with Crippen LogP contribution in [0.5, 0.6) is 0 Å². The van der Waals surface area contributed by atoms with Crippen molar-refractivity contribution in [3.05, 3.63) is 0 Å². The maximum absolute atomic E-state index is 11.8. The number of carbonyl (C=O) groups excluding carboxylic acids is 1. The lowest BCUT2D eigenvalue weighted by molar-refractivity contribution is 0.0717. The van der Waals surface area contributed by atoms with Crippen LogP contribution < -0.4 is 5.32 Å². The van der Waals surface area contributed by atoms with Crippen molar-refractivity contribution in [3.8, 4) is 0 Å². The minimum absolute atomic E-state index is 0.0545. The molecule has 0 aromatic rings. The molecule has 0 spiro atoms. The number of hydrogen-bond donors (Lipinski definition) is 1. The monoisotopic (exact) mass is 311 g/mol. The highest BCUT2D eigenvalue weighted by atomic mass is 16.6. The number of carbonyl (C=O) groups is 1. The highest BCUT2D eigenvalue weighted by Gasteiger charge is 2.37. The summed E-state index contributed by atoms with van der Waals surface area (Å²) in [7, 11) is 0. The summed E-state index contributed by atoms with van der Waals surface area (Å²) in [5, 5.41) is 3.07. The molecule has 1 aliphatic carbocycles. The molecular weight excluding hydrogens is 274 g/mol. The first-order valence-electron chi connectivity index (χ1n) is 9.03. The van der Waals surface area contributed by atoms with E-state index in [2.05, 4.69) is 39.9 Å². The Bertz CT molecular complexity index is 360. The Kier molecular flexibility index (Phi) is 6.76. The van der Waals surface area contributed by atoms with Gasteiger partial charge in [0.05, 0.1) is 6.10 Å². The van der Waals surface area contributed by atoms with Crippen LogP contribution in [0.2, 0.25) is 0 Å². The second kappa shape index (κ2) is 7.70.